The van der Waals surface area contributed by atoms with Crippen LogP contribution in [0.25, 0.3) is 6.08 Å². The molecule has 4 aromatic rings. The number of rotatable bonds is 11. The molecule has 0 saturated carbocycles. The molecule has 0 bridgehead atoms. The van der Waals surface area contributed by atoms with Crippen molar-refractivity contribution in [1.29, 1.82) is 0 Å². The number of carbonyl (C=O) groups excluding carboxylic acids is 1. The average Bonchev–Trinajstić information content (AvgIpc) is 3.35. The molecule has 5 rings (SSSR count). The van der Waals surface area contributed by atoms with E-state index >= 15 is 0 Å². The lowest BCUT2D eigenvalue weighted by Crippen LogP contribution is -2.39. The van der Waals surface area contributed by atoms with Crippen molar-refractivity contribution in [2.45, 2.75) is 26.5 Å². The minimum Gasteiger partial charge on any atom is -0.493 e. The van der Waals surface area contributed by atoms with Crippen LogP contribution in [0.15, 0.2) is 86.7 Å². The monoisotopic (exact) mass is 678 g/mol. The summed E-state index contributed by atoms with van der Waals surface area (Å²) in [5.74, 6) is 1.57. The minimum absolute atomic E-state index is 0.224. The molecule has 1 atom stereocenters. The zero-order valence-corrected chi connectivity index (χ0v) is 27.1. The summed E-state index contributed by atoms with van der Waals surface area (Å²) in [6.45, 7) is 5.01. The summed E-state index contributed by atoms with van der Waals surface area (Å²) in [6, 6.07) is 18.1. The third-order valence-corrected chi connectivity index (χ3v) is 8.37. The SMILES string of the molecule is CCOc1ccc([C@H]2C(C(=O)OC)=CN=c3s/c(=C\c4cc(Br)c(OCc5ccccc5)c(OC)c4)c(=O)n32)cc1OCC. The zero-order valence-electron chi connectivity index (χ0n) is 24.7. The molecule has 0 aliphatic carbocycles. The van der Waals surface area contributed by atoms with Gasteiger partial charge in [0.1, 0.15) is 6.61 Å². The van der Waals surface area contributed by atoms with Crippen LogP contribution in [0.2, 0.25) is 0 Å². The number of fused-ring (bicyclic) bond motifs is 1. The van der Waals surface area contributed by atoms with Crippen molar-refractivity contribution in [2.75, 3.05) is 27.4 Å². The number of ether oxygens (including phenoxy) is 5. The highest BCUT2D eigenvalue weighted by molar-refractivity contribution is 9.10. The summed E-state index contributed by atoms with van der Waals surface area (Å²) < 4.78 is 30.9. The number of hydrogen-bond donors (Lipinski definition) is 0. The van der Waals surface area contributed by atoms with Gasteiger partial charge in [0.25, 0.3) is 5.56 Å². The zero-order chi connectivity index (χ0) is 31.2. The van der Waals surface area contributed by atoms with Crippen molar-refractivity contribution in [3.63, 3.8) is 0 Å². The molecule has 1 aliphatic rings. The number of esters is 1. The van der Waals surface area contributed by atoms with E-state index < -0.39 is 12.0 Å². The number of carbonyl (C=O) groups is 1. The summed E-state index contributed by atoms with van der Waals surface area (Å²) in [7, 11) is 2.87. The number of aromatic nitrogens is 1. The van der Waals surface area contributed by atoms with Gasteiger partial charge >= 0.3 is 5.97 Å². The Morgan fingerprint density at radius 1 is 0.977 bits per heavy atom. The van der Waals surface area contributed by atoms with Gasteiger partial charge in [0.2, 0.25) is 0 Å². The fourth-order valence-electron chi connectivity index (χ4n) is 4.83. The molecule has 0 radical (unpaired) electrons. The third kappa shape index (κ3) is 6.44. The van der Waals surface area contributed by atoms with Gasteiger partial charge in [0.15, 0.2) is 27.8 Å². The van der Waals surface area contributed by atoms with Gasteiger partial charge in [0, 0.05) is 6.20 Å². The van der Waals surface area contributed by atoms with Crippen LogP contribution >= 0.6 is 27.3 Å². The molecule has 1 aromatic heterocycles. The van der Waals surface area contributed by atoms with Gasteiger partial charge in [0.05, 0.1) is 48.1 Å². The first-order chi connectivity index (χ1) is 21.4. The van der Waals surface area contributed by atoms with Gasteiger partial charge in [-0.2, -0.15) is 0 Å². The molecule has 0 unspecified atom stereocenters. The largest absolute Gasteiger partial charge is 0.493 e. The lowest BCUT2D eigenvalue weighted by atomic mass is 9.97. The Kier molecular flexibility index (Phi) is 9.86. The van der Waals surface area contributed by atoms with Gasteiger partial charge in [-0.25, -0.2) is 9.79 Å². The van der Waals surface area contributed by atoms with Crippen molar-refractivity contribution in [3.8, 4) is 23.0 Å². The molecule has 3 aromatic carbocycles. The van der Waals surface area contributed by atoms with Crippen molar-refractivity contribution in [3.05, 3.63) is 113 Å². The molecule has 1 aliphatic heterocycles. The van der Waals surface area contributed by atoms with Crippen molar-refractivity contribution >= 4 is 39.3 Å². The van der Waals surface area contributed by atoms with Crippen LogP contribution in [0.3, 0.4) is 0 Å². The Hall–Kier alpha value is -4.35. The van der Waals surface area contributed by atoms with Crippen LogP contribution in [-0.2, 0) is 16.1 Å². The van der Waals surface area contributed by atoms with Crippen LogP contribution in [0, 0.1) is 0 Å². The molecule has 11 heteroatoms. The Bertz CT molecular complexity index is 1880. The highest BCUT2D eigenvalue weighted by Crippen LogP contribution is 2.38. The quantitative estimate of drug-likeness (QED) is 0.202. The topological polar surface area (TPSA) is 97.6 Å². The molecule has 0 spiro atoms. The standard InChI is InChI=1S/C33H31BrN2O7S/c1-5-41-25-13-12-22(17-26(25)42-6-2)29-23(32(38)40-4)18-35-33-36(29)31(37)28(44-33)16-21-14-24(34)30(27(15-21)39-3)43-19-20-10-8-7-9-11-20/h7-18,29H,5-6,19H2,1-4H3/b28-16-/t29-/m0/s1. The Morgan fingerprint density at radius 3 is 2.43 bits per heavy atom. The summed E-state index contributed by atoms with van der Waals surface area (Å²) in [5.41, 5.74) is 2.31. The first kappa shape index (κ1) is 31.1. The minimum atomic E-state index is -0.786. The maximum absolute atomic E-state index is 14.0. The second kappa shape index (κ2) is 14.0. The first-order valence-corrected chi connectivity index (χ1v) is 15.5. The van der Waals surface area contributed by atoms with E-state index in [4.69, 9.17) is 23.7 Å². The molecule has 0 N–H and O–H groups in total. The molecule has 44 heavy (non-hydrogen) atoms. The van der Waals surface area contributed by atoms with Gasteiger partial charge in [-0.3, -0.25) is 9.36 Å². The molecular formula is C33H31BrN2O7S. The highest BCUT2D eigenvalue weighted by Gasteiger charge is 2.31. The van der Waals surface area contributed by atoms with Crippen LogP contribution in [-0.4, -0.2) is 38.0 Å². The molecule has 9 nitrogen and oxygen atoms in total. The number of nitrogens with zero attached hydrogens (tertiary/aromatic N) is 2. The molecule has 0 fully saturated rings. The Labute approximate surface area is 266 Å². The normalized spacial score (nSPS) is 14.2. The van der Waals surface area contributed by atoms with Crippen molar-refractivity contribution in [1.82, 2.24) is 4.57 Å². The Morgan fingerprint density at radius 2 is 1.73 bits per heavy atom. The fraction of sp³-hybridized carbons (Fsp3) is 0.242. The van der Waals surface area contributed by atoms with E-state index in [1.165, 1.54) is 29.2 Å². The second-order valence-corrected chi connectivity index (χ2v) is 11.4. The van der Waals surface area contributed by atoms with Gasteiger partial charge < -0.3 is 23.7 Å². The lowest BCUT2D eigenvalue weighted by Gasteiger charge is -2.23. The van der Waals surface area contributed by atoms with Crippen LogP contribution in [0.4, 0.5) is 0 Å². The highest BCUT2D eigenvalue weighted by atomic mass is 79.9. The number of benzene rings is 3. The van der Waals surface area contributed by atoms with E-state index in [0.717, 1.165) is 11.1 Å². The number of thiazole rings is 1. The summed E-state index contributed by atoms with van der Waals surface area (Å²) in [6.07, 6.45) is 3.22. The van der Waals surface area contributed by atoms with Crippen LogP contribution < -0.4 is 33.8 Å². The lowest BCUT2D eigenvalue weighted by molar-refractivity contribution is -0.136. The van der Waals surface area contributed by atoms with Gasteiger partial charge in [-0.05, 0) is 76.8 Å². The van der Waals surface area contributed by atoms with Gasteiger partial charge in [-0.1, -0.05) is 47.7 Å². The van der Waals surface area contributed by atoms with E-state index in [1.807, 2.05) is 62.4 Å². The van der Waals surface area contributed by atoms with E-state index in [2.05, 4.69) is 20.9 Å². The predicted molar refractivity (Wildman–Crippen MR) is 171 cm³/mol. The van der Waals surface area contributed by atoms with Crippen LogP contribution in [0.5, 0.6) is 23.0 Å². The maximum Gasteiger partial charge on any atom is 0.337 e. The van der Waals surface area contributed by atoms with E-state index in [0.29, 0.717) is 62.2 Å². The number of hydrogen-bond acceptors (Lipinski definition) is 9. The van der Waals surface area contributed by atoms with Crippen molar-refractivity contribution < 1.29 is 28.5 Å². The molecular weight excluding hydrogens is 648 g/mol. The van der Waals surface area contributed by atoms with E-state index in [-0.39, 0.29) is 11.1 Å². The van der Waals surface area contributed by atoms with Crippen LogP contribution in [0.1, 0.15) is 36.6 Å². The summed E-state index contributed by atoms with van der Waals surface area (Å²) in [5, 5.41) is 0. The molecule has 228 valence electrons. The molecule has 0 saturated heterocycles. The number of halogens is 1. The first-order valence-electron chi connectivity index (χ1n) is 13.9. The number of methoxy groups -OCH3 is 2. The summed E-state index contributed by atoms with van der Waals surface area (Å²) >= 11 is 4.83. The smallest absolute Gasteiger partial charge is 0.337 e. The second-order valence-electron chi connectivity index (χ2n) is 9.56. The summed E-state index contributed by atoms with van der Waals surface area (Å²) in [4.78, 5) is 31.8. The van der Waals surface area contributed by atoms with Crippen molar-refractivity contribution in [2.24, 2.45) is 4.99 Å². The predicted octanol–water partition coefficient (Wildman–Crippen LogP) is 5.17. The molecule has 0 amide bonds. The molecule has 2 heterocycles. The fourth-order valence-corrected chi connectivity index (χ4v) is 6.38. The third-order valence-electron chi connectivity index (χ3n) is 6.78. The van der Waals surface area contributed by atoms with E-state index in [9.17, 15) is 9.59 Å². The Balaban J connectivity index is 1.57. The average molecular weight is 680 g/mol. The van der Waals surface area contributed by atoms with Gasteiger partial charge in [-0.15, -0.1) is 0 Å². The maximum atomic E-state index is 14.0. The van der Waals surface area contributed by atoms with E-state index in [1.54, 1.807) is 25.3 Å².